The minimum absolute atomic E-state index is 0.0303. The summed E-state index contributed by atoms with van der Waals surface area (Å²) in [4.78, 5) is 27.7. The molecule has 0 fully saturated rings. The van der Waals surface area contributed by atoms with Crippen molar-refractivity contribution in [3.8, 4) is 0 Å². The van der Waals surface area contributed by atoms with Crippen molar-refractivity contribution >= 4 is 50.7 Å². The second-order valence-corrected chi connectivity index (χ2v) is 10.8. The number of rotatable bonds is 10. The maximum Gasteiger partial charge on any atom is 0.264 e. The molecule has 3 aromatic carbocycles. The predicted octanol–water partition coefficient (Wildman–Crippen LogP) is 4.88. The number of benzene rings is 3. The van der Waals surface area contributed by atoms with E-state index in [1.165, 1.54) is 66.5 Å². The number of nitrogens with one attached hydrogen (secondary N) is 1. The number of carbonyl (C=O) groups is 2. The van der Waals surface area contributed by atoms with Gasteiger partial charge in [0.1, 0.15) is 18.4 Å². The third-order valence-electron chi connectivity index (χ3n) is 5.70. The number of nitrogens with zero attached hydrogens (tertiary/aromatic N) is 2. The molecule has 7 nitrogen and oxygen atoms in total. The molecule has 0 aromatic heterocycles. The number of hydrogen-bond acceptors (Lipinski definition) is 4. The molecular formula is C26H26Cl2FN3O4S. The van der Waals surface area contributed by atoms with E-state index in [-0.39, 0.29) is 33.6 Å². The lowest BCUT2D eigenvalue weighted by atomic mass is 10.1. The van der Waals surface area contributed by atoms with E-state index in [9.17, 15) is 22.4 Å². The highest BCUT2D eigenvalue weighted by molar-refractivity contribution is 7.92. The van der Waals surface area contributed by atoms with Crippen LogP contribution >= 0.6 is 23.2 Å². The number of sulfonamides is 1. The molecule has 0 spiro atoms. The maximum absolute atomic E-state index is 13.8. The molecule has 0 saturated carbocycles. The molecule has 196 valence electrons. The fourth-order valence-electron chi connectivity index (χ4n) is 3.76. The predicted molar refractivity (Wildman–Crippen MR) is 143 cm³/mol. The third kappa shape index (κ3) is 6.80. The zero-order valence-electron chi connectivity index (χ0n) is 20.2. The first kappa shape index (κ1) is 28.4. The average molecular weight is 566 g/mol. The van der Waals surface area contributed by atoms with Crippen molar-refractivity contribution in [2.75, 3.05) is 17.9 Å². The maximum atomic E-state index is 13.8. The van der Waals surface area contributed by atoms with Gasteiger partial charge in [-0.15, -0.1) is 0 Å². The van der Waals surface area contributed by atoms with Gasteiger partial charge in [-0.1, -0.05) is 60.5 Å². The number of halogens is 3. The molecular weight excluding hydrogens is 540 g/mol. The second-order valence-electron chi connectivity index (χ2n) is 8.11. The summed E-state index contributed by atoms with van der Waals surface area (Å²) in [6.07, 6.45) is 0.269. The molecule has 0 radical (unpaired) electrons. The lowest BCUT2D eigenvalue weighted by Crippen LogP contribution is -2.51. The summed E-state index contributed by atoms with van der Waals surface area (Å²) >= 11 is 12.2. The molecule has 11 heteroatoms. The Balaban J connectivity index is 2.06. The van der Waals surface area contributed by atoms with Crippen molar-refractivity contribution < 1.29 is 22.4 Å². The van der Waals surface area contributed by atoms with Gasteiger partial charge in [0.2, 0.25) is 11.8 Å². The van der Waals surface area contributed by atoms with Crippen molar-refractivity contribution in [3.63, 3.8) is 0 Å². The standard InChI is InChI=1S/C26H26Cl2FN3O4S/c1-3-24(26(34)30-2)31(16-18-9-11-19(29)12-10-18)25(33)17-32(20-13-14-22(27)23(28)15-20)37(35,36)21-7-5-4-6-8-21/h4-15,24H,3,16-17H2,1-2H3,(H,30,34). The Kier molecular flexibility index (Phi) is 9.53. The smallest absolute Gasteiger partial charge is 0.264 e. The molecule has 0 aliphatic heterocycles. The van der Waals surface area contributed by atoms with E-state index in [1.807, 2.05) is 0 Å². The van der Waals surface area contributed by atoms with Gasteiger partial charge in [0.25, 0.3) is 10.0 Å². The molecule has 1 atom stereocenters. The Morgan fingerprint density at radius 3 is 2.19 bits per heavy atom. The van der Waals surface area contributed by atoms with Crippen LogP contribution in [-0.4, -0.2) is 44.8 Å². The van der Waals surface area contributed by atoms with Crippen LogP contribution in [-0.2, 0) is 26.2 Å². The van der Waals surface area contributed by atoms with Gasteiger partial charge in [-0.25, -0.2) is 12.8 Å². The van der Waals surface area contributed by atoms with Crippen LogP contribution in [0.15, 0.2) is 77.7 Å². The Hall–Kier alpha value is -3.14. The summed E-state index contributed by atoms with van der Waals surface area (Å²) < 4.78 is 41.7. The fourth-order valence-corrected chi connectivity index (χ4v) is 5.48. The van der Waals surface area contributed by atoms with E-state index in [0.29, 0.717) is 5.56 Å². The summed E-state index contributed by atoms with van der Waals surface area (Å²) in [5.41, 5.74) is 0.699. The molecule has 0 aliphatic rings. The van der Waals surface area contributed by atoms with Gasteiger partial charge in [0, 0.05) is 13.6 Å². The number of amides is 2. The molecule has 0 heterocycles. The van der Waals surface area contributed by atoms with Crippen LogP contribution in [0.5, 0.6) is 0 Å². The number of likely N-dealkylation sites (N-methyl/N-ethyl adjacent to an activating group) is 1. The van der Waals surface area contributed by atoms with Gasteiger partial charge < -0.3 is 10.2 Å². The summed E-state index contributed by atoms with van der Waals surface area (Å²) in [5, 5.41) is 2.88. The second kappa shape index (κ2) is 12.4. The van der Waals surface area contributed by atoms with Crippen LogP contribution < -0.4 is 9.62 Å². The monoisotopic (exact) mass is 565 g/mol. The molecule has 1 N–H and O–H groups in total. The Labute approximate surface area is 225 Å². The number of hydrogen-bond donors (Lipinski definition) is 1. The highest BCUT2D eigenvalue weighted by atomic mass is 35.5. The first-order chi connectivity index (χ1) is 17.6. The number of carbonyl (C=O) groups excluding carboxylic acids is 2. The van der Waals surface area contributed by atoms with Crippen molar-refractivity contribution in [3.05, 3.63) is 94.2 Å². The molecule has 0 saturated heterocycles. The lowest BCUT2D eigenvalue weighted by molar-refractivity contribution is -0.140. The van der Waals surface area contributed by atoms with Gasteiger partial charge in [0.05, 0.1) is 20.6 Å². The summed E-state index contributed by atoms with van der Waals surface area (Å²) in [5.74, 6) is -1.49. The topological polar surface area (TPSA) is 86.8 Å². The van der Waals surface area contributed by atoms with Crippen molar-refractivity contribution in [2.45, 2.75) is 30.8 Å². The largest absolute Gasteiger partial charge is 0.357 e. The summed E-state index contributed by atoms with van der Waals surface area (Å²) in [7, 11) is -2.76. The van der Waals surface area contributed by atoms with E-state index in [0.717, 1.165) is 4.31 Å². The average Bonchev–Trinajstić information content (AvgIpc) is 2.90. The molecule has 2 amide bonds. The van der Waals surface area contributed by atoms with Crippen LogP contribution in [0.25, 0.3) is 0 Å². The van der Waals surface area contributed by atoms with E-state index in [4.69, 9.17) is 23.2 Å². The first-order valence-electron chi connectivity index (χ1n) is 11.4. The molecule has 0 bridgehead atoms. The SMILES string of the molecule is CCC(C(=O)NC)N(Cc1ccc(F)cc1)C(=O)CN(c1ccc(Cl)c(Cl)c1)S(=O)(=O)c1ccccc1. The first-order valence-corrected chi connectivity index (χ1v) is 13.6. The molecule has 3 rings (SSSR count). The quantitative estimate of drug-likeness (QED) is 0.379. The van der Waals surface area contributed by atoms with Crippen molar-refractivity contribution in [1.29, 1.82) is 0 Å². The van der Waals surface area contributed by atoms with Gasteiger partial charge in [-0.05, 0) is 54.4 Å². The summed E-state index contributed by atoms with van der Waals surface area (Å²) in [6.45, 7) is 1.08. The highest BCUT2D eigenvalue weighted by Crippen LogP contribution is 2.31. The van der Waals surface area contributed by atoms with E-state index < -0.39 is 40.2 Å². The van der Waals surface area contributed by atoms with E-state index >= 15 is 0 Å². The Morgan fingerprint density at radius 2 is 1.62 bits per heavy atom. The zero-order chi connectivity index (χ0) is 27.2. The molecule has 37 heavy (non-hydrogen) atoms. The minimum Gasteiger partial charge on any atom is -0.357 e. The van der Waals surface area contributed by atoms with Gasteiger partial charge in [0.15, 0.2) is 0 Å². The Bertz CT molecular complexity index is 1360. The Morgan fingerprint density at radius 1 is 0.973 bits per heavy atom. The number of anilines is 1. The zero-order valence-corrected chi connectivity index (χ0v) is 22.5. The molecule has 3 aromatic rings. The normalized spacial score (nSPS) is 12.0. The van der Waals surface area contributed by atoms with Crippen LogP contribution in [0.1, 0.15) is 18.9 Å². The van der Waals surface area contributed by atoms with Crippen LogP contribution in [0.4, 0.5) is 10.1 Å². The van der Waals surface area contributed by atoms with Crippen LogP contribution in [0.2, 0.25) is 10.0 Å². The summed E-state index contributed by atoms with van der Waals surface area (Å²) in [6, 6.07) is 16.5. The molecule has 1 unspecified atom stereocenters. The van der Waals surface area contributed by atoms with Gasteiger partial charge in [-0.2, -0.15) is 0 Å². The highest BCUT2D eigenvalue weighted by Gasteiger charge is 2.33. The van der Waals surface area contributed by atoms with Crippen LogP contribution in [0.3, 0.4) is 0 Å². The third-order valence-corrected chi connectivity index (χ3v) is 8.23. The fraction of sp³-hybridized carbons (Fsp3) is 0.231. The van der Waals surface area contributed by atoms with Crippen molar-refractivity contribution in [2.24, 2.45) is 0 Å². The van der Waals surface area contributed by atoms with E-state index in [1.54, 1.807) is 25.1 Å². The van der Waals surface area contributed by atoms with E-state index in [2.05, 4.69) is 5.32 Å². The van der Waals surface area contributed by atoms with Crippen molar-refractivity contribution in [1.82, 2.24) is 10.2 Å². The van der Waals surface area contributed by atoms with Crippen LogP contribution in [0, 0.1) is 5.82 Å². The van der Waals surface area contributed by atoms with Gasteiger partial charge in [-0.3, -0.25) is 13.9 Å². The molecule has 0 aliphatic carbocycles. The minimum atomic E-state index is -4.22. The lowest BCUT2D eigenvalue weighted by Gasteiger charge is -2.33. The van der Waals surface area contributed by atoms with Gasteiger partial charge >= 0.3 is 0 Å².